The van der Waals surface area contributed by atoms with E-state index in [1.807, 2.05) is 12.2 Å². The summed E-state index contributed by atoms with van der Waals surface area (Å²) in [6, 6.07) is 0. The zero-order valence-corrected chi connectivity index (χ0v) is 40.7. The number of unbranched alkanes of at least 4 members (excludes halogenated alkanes) is 17. The molecule has 5 N–H and O–H groups in total. The molecule has 0 spiro atoms. The van der Waals surface area contributed by atoms with Crippen LogP contribution in [0.5, 0.6) is 0 Å². The molecule has 0 fully saturated rings. The number of allylic oxidation sites excluding steroid dienone is 7. The second kappa shape index (κ2) is 41.5. The maximum Gasteiger partial charge on any atom is 0.472 e. The van der Waals surface area contributed by atoms with Crippen molar-refractivity contribution in [2.75, 3.05) is 26.4 Å². The van der Waals surface area contributed by atoms with Crippen LogP contribution < -0.4 is 0 Å². The highest BCUT2D eigenvalue weighted by atomic mass is 31.2. The maximum atomic E-state index is 12.7. The van der Waals surface area contributed by atoms with Crippen LogP contribution in [-0.2, 0) is 41.8 Å². The molecule has 0 heterocycles. The average Bonchev–Trinajstić information content (AvgIpc) is 3.22. The van der Waals surface area contributed by atoms with Gasteiger partial charge in [-0.05, 0) is 50.9 Å². The molecule has 0 rings (SSSR count). The standard InChI is InChI=1S/C47H86O14P2/c1-4-5-6-7-8-9-10-14-18-21-24-27-30-34-43(48)35-32-37-46(50)57-40-45(41-60-63(55,56)59-39-44(49)38-58-62(52,53)54)61-47(51)36-31-28-25-22-19-16-13-11-12-15-17-20-23-26-29-33-42(2)3/h8-9,14,18,24,27,30,34,42-45,48-49H,4-7,10-13,15-17,19-23,25-26,28-29,31-33,35-41H2,1-3H3,(H,55,56)(H2,52,53,54)/b9-8-,18-14-,27-24-,34-30+/t43-,44+,45-/m1/s1. The van der Waals surface area contributed by atoms with Crippen molar-refractivity contribution >= 4 is 27.6 Å². The molecule has 0 bridgehead atoms. The van der Waals surface area contributed by atoms with Crippen molar-refractivity contribution in [3.8, 4) is 0 Å². The molecule has 0 amide bonds. The number of esters is 2. The first-order chi connectivity index (χ1) is 30.1. The van der Waals surface area contributed by atoms with Gasteiger partial charge in [0.25, 0.3) is 0 Å². The molecular weight excluding hydrogens is 850 g/mol. The summed E-state index contributed by atoms with van der Waals surface area (Å²) < 4.78 is 47.7. The van der Waals surface area contributed by atoms with Crippen LogP contribution in [0, 0.1) is 5.92 Å². The third-order valence-electron chi connectivity index (χ3n) is 9.99. The molecule has 0 radical (unpaired) electrons. The molecular formula is C47H86O14P2. The minimum atomic E-state index is -4.88. The van der Waals surface area contributed by atoms with Gasteiger partial charge in [-0.15, -0.1) is 0 Å². The Bertz CT molecular complexity index is 1330. The van der Waals surface area contributed by atoms with Crippen LogP contribution in [0.15, 0.2) is 48.6 Å². The Morgan fingerprint density at radius 1 is 0.556 bits per heavy atom. The lowest BCUT2D eigenvalue weighted by molar-refractivity contribution is -0.161. The van der Waals surface area contributed by atoms with Gasteiger partial charge in [0.15, 0.2) is 6.10 Å². The lowest BCUT2D eigenvalue weighted by Gasteiger charge is -2.20. The van der Waals surface area contributed by atoms with E-state index in [4.69, 9.17) is 23.8 Å². The Morgan fingerprint density at radius 2 is 1.08 bits per heavy atom. The summed E-state index contributed by atoms with van der Waals surface area (Å²) in [6.45, 7) is 3.87. The van der Waals surface area contributed by atoms with Crippen LogP contribution in [0.25, 0.3) is 0 Å². The van der Waals surface area contributed by atoms with E-state index in [2.05, 4.69) is 54.1 Å². The topological polar surface area (TPSA) is 216 Å². The molecule has 0 aromatic rings. The average molecular weight is 937 g/mol. The lowest BCUT2D eigenvalue weighted by Crippen LogP contribution is -2.30. The number of hydrogen-bond acceptors (Lipinski definition) is 11. The Hall–Kier alpha value is -1.96. The number of phosphoric acid groups is 2. The molecule has 1 unspecified atom stereocenters. The fourth-order valence-electron chi connectivity index (χ4n) is 6.34. The van der Waals surface area contributed by atoms with Crippen molar-refractivity contribution in [2.24, 2.45) is 5.92 Å². The SMILES string of the molecule is CCCCC/C=C\C/C=C\C/C=C\C=C\[C@@H](O)CCCC(=O)OC[C@H](COP(=O)(O)OC[C@@H](O)COP(=O)(O)O)OC(=O)CCCCCCCCCCCCCCCCCC(C)C. The smallest absolute Gasteiger partial charge is 0.462 e. The highest BCUT2D eigenvalue weighted by Gasteiger charge is 2.28. The molecule has 16 heteroatoms. The maximum absolute atomic E-state index is 12.7. The molecule has 0 aromatic carbocycles. The molecule has 4 atom stereocenters. The number of aliphatic hydroxyl groups is 2. The van der Waals surface area contributed by atoms with Crippen LogP contribution in [0.2, 0.25) is 0 Å². The van der Waals surface area contributed by atoms with Crippen LogP contribution in [0.1, 0.15) is 188 Å². The van der Waals surface area contributed by atoms with Gasteiger partial charge in [-0.2, -0.15) is 0 Å². The van der Waals surface area contributed by atoms with Gasteiger partial charge >= 0.3 is 27.6 Å². The second-order valence-electron chi connectivity index (χ2n) is 16.7. The number of aliphatic hydroxyl groups excluding tert-OH is 2. The largest absolute Gasteiger partial charge is 0.472 e. The van der Waals surface area contributed by atoms with Crippen LogP contribution >= 0.6 is 15.6 Å². The third kappa shape index (κ3) is 46.4. The quantitative estimate of drug-likeness (QED) is 0.0126. The van der Waals surface area contributed by atoms with E-state index in [9.17, 15) is 33.8 Å². The van der Waals surface area contributed by atoms with Crippen molar-refractivity contribution in [2.45, 2.75) is 206 Å². The number of phosphoric ester groups is 2. The summed E-state index contributed by atoms with van der Waals surface area (Å²) in [5.41, 5.74) is 0. The van der Waals surface area contributed by atoms with Crippen molar-refractivity contribution in [3.63, 3.8) is 0 Å². The van der Waals surface area contributed by atoms with Gasteiger partial charge in [0.1, 0.15) is 12.7 Å². The predicted molar refractivity (Wildman–Crippen MR) is 250 cm³/mol. The highest BCUT2D eigenvalue weighted by molar-refractivity contribution is 7.47. The second-order valence-corrected chi connectivity index (χ2v) is 19.4. The monoisotopic (exact) mass is 937 g/mol. The van der Waals surface area contributed by atoms with E-state index in [1.54, 1.807) is 12.2 Å². The van der Waals surface area contributed by atoms with Gasteiger partial charge in [0.05, 0.1) is 25.9 Å². The predicted octanol–water partition coefficient (Wildman–Crippen LogP) is 11.4. The summed E-state index contributed by atoms with van der Waals surface area (Å²) in [4.78, 5) is 52.8. The normalized spacial score (nSPS) is 14.9. The number of hydrogen-bond donors (Lipinski definition) is 5. The van der Waals surface area contributed by atoms with E-state index in [1.165, 1.54) is 89.9 Å². The van der Waals surface area contributed by atoms with Crippen LogP contribution in [0.4, 0.5) is 0 Å². The minimum absolute atomic E-state index is 0.0327. The molecule has 0 aliphatic carbocycles. The van der Waals surface area contributed by atoms with Gasteiger partial charge in [0.2, 0.25) is 0 Å². The van der Waals surface area contributed by atoms with E-state index in [0.717, 1.165) is 50.9 Å². The molecule has 14 nitrogen and oxygen atoms in total. The minimum Gasteiger partial charge on any atom is -0.462 e. The van der Waals surface area contributed by atoms with Gasteiger partial charge in [0, 0.05) is 12.8 Å². The van der Waals surface area contributed by atoms with Crippen molar-refractivity contribution in [3.05, 3.63) is 48.6 Å². The summed E-state index contributed by atoms with van der Waals surface area (Å²) in [5.74, 6) is -0.421. The summed E-state index contributed by atoms with van der Waals surface area (Å²) in [6.07, 6.45) is 38.5. The third-order valence-corrected chi connectivity index (χ3v) is 11.4. The molecule has 368 valence electrons. The molecule has 0 aromatic heterocycles. The first kappa shape index (κ1) is 61.0. The molecule has 63 heavy (non-hydrogen) atoms. The van der Waals surface area contributed by atoms with Crippen LogP contribution in [-0.4, -0.2) is 81.6 Å². The van der Waals surface area contributed by atoms with Crippen LogP contribution in [0.3, 0.4) is 0 Å². The van der Waals surface area contributed by atoms with Gasteiger partial charge < -0.3 is 34.4 Å². The summed E-state index contributed by atoms with van der Waals surface area (Å²) in [7, 11) is -9.74. The Labute approximate surface area is 380 Å². The Balaban J connectivity index is 4.62. The number of carbonyl (C=O) groups is 2. The highest BCUT2D eigenvalue weighted by Crippen LogP contribution is 2.43. The van der Waals surface area contributed by atoms with Crippen molar-refractivity contribution in [1.82, 2.24) is 0 Å². The number of ether oxygens (including phenoxy) is 2. The number of carbonyl (C=O) groups excluding carboxylic acids is 2. The zero-order chi connectivity index (χ0) is 46.9. The van der Waals surface area contributed by atoms with Crippen molar-refractivity contribution < 1.29 is 66.7 Å². The number of rotatable bonds is 44. The zero-order valence-electron chi connectivity index (χ0n) is 38.9. The van der Waals surface area contributed by atoms with Crippen molar-refractivity contribution in [1.29, 1.82) is 0 Å². The van der Waals surface area contributed by atoms with E-state index < -0.39 is 72.3 Å². The Morgan fingerprint density at radius 3 is 1.67 bits per heavy atom. The first-order valence-electron chi connectivity index (χ1n) is 23.8. The van der Waals surface area contributed by atoms with Gasteiger partial charge in [-0.25, -0.2) is 9.13 Å². The first-order valence-corrected chi connectivity index (χ1v) is 26.8. The molecule has 0 saturated heterocycles. The molecule has 0 aliphatic heterocycles. The van der Waals surface area contributed by atoms with E-state index in [0.29, 0.717) is 19.3 Å². The Kier molecular flexibility index (Phi) is 40.2. The molecule has 0 saturated carbocycles. The van der Waals surface area contributed by atoms with Gasteiger partial charge in [-0.1, -0.05) is 179 Å². The summed E-state index contributed by atoms with van der Waals surface area (Å²) in [5, 5.41) is 20.0. The van der Waals surface area contributed by atoms with Gasteiger partial charge in [-0.3, -0.25) is 23.2 Å². The van der Waals surface area contributed by atoms with E-state index >= 15 is 0 Å². The fraction of sp³-hybridized carbons (Fsp3) is 0.787. The summed E-state index contributed by atoms with van der Waals surface area (Å²) >= 11 is 0. The van der Waals surface area contributed by atoms with E-state index in [-0.39, 0.29) is 12.8 Å². The lowest BCUT2D eigenvalue weighted by atomic mass is 10.0. The fourth-order valence-corrected chi connectivity index (χ4v) is 7.50. The molecule has 0 aliphatic rings.